The van der Waals surface area contributed by atoms with Crippen molar-refractivity contribution in [1.82, 2.24) is 5.43 Å². The number of carbonyl (C=O) groups excluding carboxylic acids is 1. The maximum atomic E-state index is 11.6. The van der Waals surface area contributed by atoms with Gasteiger partial charge in [0, 0.05) is 18.2 Å². The van der Waals surface area contributed by atoms with E-state index in [1.54, 1.807) is 12.1 Å². The second kappa shape index (κ2) is 5.97. The van der Waals surface area contributed by atoms with Crippen molar-refractivity contribution in [2.45, 2.75) is 13.3 Å². The molecule has 5 heteroatoms. The smallest absolute Gasteiger partial charge is 0.184 e. The number of thiocarbonyl (C=S) groups is 1. The van der Waals surface area contributed by atoms with Gasteiger partial charge >= 0.3 is 0 Å². The molecule has 3 N–H and O–H groups in total. The van der Waals surface area contributed by atoms with Crippen LogP contribution in [0.25, 0.3) is 0 Å². The highest BCUT2D eigenvalue weighted by molar-refractivity contribution is 7.80. The number of benzene rings is 1. The average Bonchev–Trinajstić information content (AvgIpc) is 2.25. The third-order valence-electron chi connectivity index (χ3n) is 1.92. The van der Waals surface area contributed by atoms with Crippen LogP contribution in [0.4, 0.5) is 0 Å². The predicted octanol–water partition coefficient (Wildman–Crippen LogP) is 1.39. The Hall–Kier alpha value is -1.75. The summed E-state index contributed by atoms with van der Waals surface area (Å²) >= 11 is 4.55. The van der Waals surface area contributed by atoms with Crippen LogP contribution in [0.1, 0.15) is 22.3 Å². The Bertz CT molecular complexity index is 412. The lowest BCUT2D eigenvalue weighted by Gasteiger charge is -1.98. The van der Waals surface area contributed by atoms with Crippen LogP contribution in [0, 0.1) is 6.92 Å². The SMILES string of the molecule is Cc1ccc(C(=O)CC=NNC(N)=S)cc1. The second-order valence-electron chi connectivity index (χ2n) is 3.28. The van der Waals surface area contributed by atoms with E-state index in [1.165, 1.54) is 6.21 Å². The van der Waals surface area contributed by atoms with Gasteiger partial charge in [0.1, 0.15) is 0 Å². The van der Waals surface area contributed by atoms with Crippen molar-refractivity contribution < 1.29 is 4.79 Å². The number of ketones is 1. The van der Waals surface area contributed by atoms with Gasteiger partial charge in [-0.3, -0.25) is 10.2 Å². The Balaban J connectivity index is 2.50. The molecule has 0 saturated carbocycles. The Kier molecular flexibility index (Phi) is 4.60. The highest BCUT2D eigenvalue weighted by atomic mass is 32.1. The molecular formula is C11H13N3OS. The molecule has 0 aliphatic carbocycles. The van der Waals surface area contributed by atoms with Gasteiger partial charge in [-0.05, 0) is 19.1 Å². The van der Waals surface area contributed by atoms with Crippen molar-refractivity contribution in [3.8, 4) is 0 Å². The predicted molar refractivity (Wildman–Crippen MR) is 68.5 cm³/mol. The lowest BCUT2D eigenvalue weighted by molar-refractivity contribution is 0.100. The highest BCUT2D eigenvalue weighted by Crippen LogP contribution is 2.05. The number of nitrogens with one attached hydrogen (secondary N) is 1. The molecule has 1 rings (SSSR count). The molecule has 1 aromatic rings. The van der Waals surface area contributed by atoms with Crippen LogP contribution >= 0.6 is 12.2 Å². The van der Waals surface area contributed by atoms with E-state index < -0.39 is 0 Å². The lowest BCUT2D eigenvalue weighted by atomic mass is 10.1. The number of aryl methyl sites for hydroxylation is 1. The minimum Gasteiger partial charge on any atom is -0.375 e. The summed E-state index contributed by atoms with van der Waals surface area (Å²) in [6.07, 6.45) is 1.67. The van der Waals surface area contributed by atoms with Gasteiger partial charge in [-0.25, -0.2) is 0 Å². The van der Waals surface area contributed by atoms with E-state index >= 15 is 0 Å². The highest BCUT2D eigenvalue weighted by Gasteiger charge is 2.02. The van der Waals surface area contributed by atoms with Crippen molar-refractivity contribution in [1.29, 1.82) is 0 Å². The van der Waals surface area contributed by atoms with Gasteiger partial charge in [-0.15, -0.1) is 0 Å². The summed E-state index contributed by atoms with van der Waals surface area (Å²) in [5.74, 6) is 0.00786. The van der Waals surface area contributed by atoms with E-state index in [1.807, 2.05) is 19.1 Å². The largest absolute Gasteiger partial charge is 0.375 e. The number of hydrogen-bond donors (Lipinski definition) is 2. The molecule has 0 fully saturated rings. The fourth-order valence-electron chi connectivity index (χ4n) is 1.10. The van der Waals surface area contributed by atoms with Crippen molar-refractivity contribution in [2.24, 2.45) is 10.8 Å². The lowest BCUT2D eigenvalue weighted by Crippen LogP contribution is -2.24. The molecule has 0 heterocycles. The zero-order valence-corrected chi connectivity index (χ0v) is 9.75. The van der Waals surface area contributed by atoms with Crippen LogP contribution in [-0.4, -0.2) is 17.1 Å². The summed E-state index contributed by atoms with van der Waals surface area (Å²) in [4.78, 5) is 11.6. The number of nitrogens with zero attached hydrogens (tertiary/aromatic N) is 1. The van der Waals surface area contributed by atoms with E-state index in [9.17, 15) is 4.79 Å². The molecular weight excluding hydrogens is 222 g/mol. The number of hydrazone groups is 1. The fourth-order valence-corrected chi connectivity index (χ4v) is 1.15. The molecule has 0 bridgehead atoms. The van der Waals surface area contributed by atoms with Crippen LogP contribution < -0.4 is 11.2 Å². The van der Waals surface area contributed by atoms with Crippen molar-refractivity contribution in [2.75, 3.05) is 0 Å². The Morgan fingerprint density at radius 3 is 2.69 bits per heavy atom. The molecule has 0 aliphatic rings. The molecule has 0 atom stereocenters. The van der Waals surface area contributed by atoms with E-state index in [2.05, 4.69) is 22.7 Å². The van der Waals surface area contributed by atoms with Crippen LogP contribution in [0.5, 0.6) is 0 Å². The van der Waals surface area contributed by atoms with Gasteiger partial charge in [0.15, 0.2) is 10.9 Å². The monoisotopic (exact) mass is 235 g/mol. The maximum Gasteiger partial charge on any atom is 0.184 e. The molecule has 0 aliphatic heterocycles. The van der Waals surface area contributed by atoms with Gasteiger partial charge < -0.3 is 5.73 Å². The summed E-state index contributed by atoms with van der Waals surface area (Å²) in [7, 11) is 0. The minimum atomic E-state index is 0.00786. The van der Waals surface area contributed by atoms with E-state index in [4.69, 9.17) is 5.73 Å². The summed E-state index contributed by atoms with van der Waals surface area (Å²) in [5, 5.41) is 3.77. The number of Topliss-reactive ketones (excluding diaryl/α,β-unsaturated/α-hetero) is 1. The van der Waals surface area contributed by atoms with Gasteiger partial charge in [0.05, 0.1) is 0 Å². The van der Waals surface area contributed by atoms with Crippen LogP contribution in [-0.2, 0) is 0 Å². The third kappa shape index (κ3) is 4.18. The van der Waals surface area contributed by atoms with E-state index in [0.29, 0.717) is 5.56 Å². The molecule has 1 aromatic carbocycles. The summed E-state index contributed by atoms with van der Waals surface area (Å²) in [6.45, 7) is 1.97. The van der Waals surface area contributed by atoms with E-state index in [0.717, 1.165) is 5.56 Å². The zero-order valence-electron chi connectivity index (χ0n) is 8.93. The molecule has 4 nitrogen and oxygen atoms in total. The first-order valence-corrected chi connectivity index (χ1v) is 5.17. The van der Waals surface area contributed by atoms with Crippen molar-refractivity contribution in [3.63, 3.8) is 0 Å². The van der Waals surface area contributed by atoms with Crippen LogP contribution in [0.3, 0.4) is 0 Å². The second-order valence-corrected chi connectivity index (χ2v) is 3.72. The van der Waals surface area contributed by atoms with E-state index in [-0.39, 0.29) is 17.3 Å². The summed E-state index contributed by atoms with van der Waals surface area (Å²) in [5.41, 5.74) is 9.35. The van der Waals surface area contributed by atoms with Gasteiger partial charge in [-0.1, -0.05) is 29.8 Å². The van der Waals surface area contributed by atoms with Gasteiger partial charge in [0.2, 0.25) is 0 Å². The molecule has 0 saturated heterocycles. The zero-order chi connectivity index (χ0) is 12.0. The molecule has 0 unspecified atom stereocenters. The quantitative estimate of drug-likeness (QED) is 0.358. The molecule has 84 valence electrons. The molecule has 16 heavy (non-hydrogen) atoms. The Morgan fingerprint density at radius 2 is 2.12 bits per heavy atom. The normalized spacial score (nSPS) is 10.3. The first-order chi connectivity index (χ1) is 7.59. The molecule has 0 radical (unpaired) electrons. The number of nitrogens with two attached hydrogens (primary N) is 1. The molecule has 0 spiro atoms. The molecule has 0 aromatic heterocycles. The van der Waals surface area contributed by atoms with Gasteiger partial charge in [0.25, 0.3) is 0 Å². The number of hydrogen-bond acceptors (Lipinski definition) is 3. The fraction of sp³-hybridized carbons (Fsp3) is 0.182. The van der Waals surface area contributed by atoms with Crippen LogP contribution in [0.15, 0.2) is 29.4 Å². The van der Waals surface area contributed by atoms with Gasteiger partial charge in [-0.2, -0.15) is 5.10 Å². The number of carbonyl (C=O) groups is 1. The maximum absolute atomic E-state index is 11.6. The minimum absolute atomic E-state index is 0.00786. The Morgan fingerprint density at radius 1 is 1.50 bits per heavy atom. The average molecular weight is 235 g/mol. The number of rotatable bonds is 4. The van der Waals surface area contributed by atoms with Crippen LogP contribution in [0.2, 0.25) is 0 Å². The standard InChI is InChI=1S/C11H13N3OS/c1-8-2-4-9(5-3-8)10(15)6-7-13-14-11(12)16/h2-5,7H,6H2,1H3,(H3,12,14,16). The van der Waals surface area contributed by atoms with Crippen molar-refractivity contribution >= 4 is 29.3 Å². The summed E-state index contributed by atoms with van der Waals surface area (Å²) < 4.78 is 0. The first-order valence-electron chi connectivity index (χ1n) is 4.76. The first kappa shape index (κ1) is 12.3. The summed E-state index contributed by atoms with van der Waals surface area (Å²) in [6, 6.07) is 7.40. The topological polar surface area (TPSA) is 67.5 Å². The molecule has 0 amide bonds. The third-order valence-corrected chi connectivity index (χ3v) is 2.01. The van der Waals surface area contributed by atoms with Crippen molar-refractivity contribution in [3.05, 3.63) is 35.4 Å². The Labute approximate surface area is 99.5 Å².